The van der Waals surface area contributed by atoms with E-state index in [4.69, 9.17) is 0 Å². The number of carbonyl (C=O) groups is 2. The van der Waals surface area contributed by atoms with Crippen molar-refractivity contribution in [2.24, 2.45) is 0 Å². The summed E-state index contributed by atoms with van der Waals surface area (Å²) in [4.78, 5) is 25.0. The second kappa shape index (κ2) is 4.70. The Labute approximate surface area is 122 Å². The molecule has 0 aromatic heterocycles. The van der Waals surface area contributed by atoms with Crippen molar-refractivity contribution in [2.75, 3.05) is 0 Å². The Morgan fingerprint density at radius 3 is 2.14 bits per heavy atom. The summed E-state index contributed by atoms with van der Waals surface area (Å²) in [6, 6.07) is 9.98. The van der Waals surface area contributed by atoms with Crippen LogP contribution in [0.25, 0.3) is 6.08 Å². The van der Waals surface area contributed by atoms with Crippen molar-refractivity contribution < 1.29 is 14.7 Å². The number of rotatable bonds is 1. The van der Waals surface area contributed by atoms with Gasteiger partial charge in [-0.3, -0.25) is 9.59 Å². The topological polar surface area (TPSA) is 54.4 Å². The standard InChI is InChI=1S/C18H14O3/c1-10(2)9-11-7-8-14-15(16(11)19)18(21)13-6-4-3-5-12(13)17(14)20/h3-9,19H,1-2H3. The highest BCUT2D eigenvalue weighted by Gasteiger charge is 2.32. The third kappa shape index (κ3) is 1.98. The number of carbonyl (C=O) groups excluding carboxylic acids is 2. The molecule has 1 N–H and O–H groups in total. The predicted molar refractivity (Wildman–Crippen MR) is 80.7 cm³/mol. The molecule has 104 valence electrons. The minimum atomic E-state index is -0.304. The fourth-order valence-corrected chi connectivity index (χ4v) is 2.61. The van der Waals surface area contributed by atoms with Gasteiger partial charge in [0.2, 0.25) is 0 Å². The average molecular weight is 278 g/mol. The Bertz CT molecular complexity index is 809. The van der Waals surface area contributed by atoms with Crippen LogP contribution >= 0.6 is 0 Å². The maximum Gasteiger partial charge on any atom is 0.198 e. The number of phenolic OH excluding ortho intramolecular Hbond substituents is 1. The van der Waals surface area contributed by atoms with Gasteiger partial charge in [0.1, 0.15) is 5.75 Å². The zero-order valence-electron chi connectivity index (χ0n) is 11.8. The van der Waals surface area contributed by atoms with E-state index in [1.165, 1.54) is 0 Å². The van der Waals surface area contributed by atoms with Crippen LogP contribution < -0.4 is 0 Å². The first-order valence-electron chi connectivity index (χ1n) is 6.70. The fraction of sp³-hybridized carbons (Fsp3) is 0.111. The van der Waals surface area contributed by atoms with Crippen molar-refractivity contribution in [3.63, 3.8) is 0 Å². The molecular weight excluding hydrogens is 264 g/mol. The van der Waals surface area contributed by atoms with Crippen LogP contribution in [0, 0.1) is 0 Å². The summed E-state index contributed by atoms with van der Waals surface area (Å²) < 4.78 is 0. The van der Waals surface area contributed by atoms with Crippen LogP contribution in [-0.2, 0) is 0 Å². The molecule has 0 aliphatic heterocycles. The molecule has 2 aromatic rings. The largest absolute Gasteiger partial charge is 0.507 e. The number of phenols is 1. The first-order valence-corrected chi connectivity index (χ1v) is 6.70. The molecule has 0 amide bonds. The van der Waals surface area contributed by atoms with Crippen molar-refractivity contribution in [1.29, 1.82) is 0 Å². The molecule has 0 bridgehead atoms. The van der Waals surface area contributed by atoms with Gasteiger partial charge in [0.05, 0.1) is 5.56 Å². The molecule has 1 aliphatic carbocycles. The second-order valence-corrected chi connectivity index (χ2v) is 5.35. The van der Waals surface area contributed by atoms with Crippen molar-refractivity contribution in [1.82, 2.24) is 0 Å². The van der Waals surface area contributed by atoms with Gasteiger partial charge in [-0.05, 0) is 19.9 Å². The van der Waals surface area contributed by atoms with Crippen molar-refractivity contribution in [2.45, 2.75) is 13.8 Å². The van der Waals surface area contributed by atoms with E-state index in [0.29, 0.717) is 16.7 Å². The number of aromatic hydroxyl groups is 1. The highest BCUT2D eigenvalue weighted by Crippen LogP contribution is 2.35. The zero-order valence-corrected chi connectivity index (χ0v) is 11.8. The van der Waals surface area contributed by atoms with E-state index in [9.17, 15) is 14.7 Å². The summed E-state index contributed by atoms with van der Waals surface area (Å²) >= 11 is 0. The number of hydrogen-bond acceptors (Lipinski definition) is 3. The van der Waals surface area contributed by atoms with E-state index in [2.05, 4.69) is 0 Å². The smallest absolute Gasteiger partial charge is 0.198 e. The molecule has 0 spiro atoms. The average Bonchev–Trinajstić information content (AvgIpc) is 2.46. The lowest BCUT2D eigenvalue weighted by Crippen LogP contribution is -2.21. The highest BCUT2D eigenvalue weighted by atomic mass is 16.3. The normalized spacial score (nSPS) is 12.7. The lowest BCUT2D eigenvalue weighted by Gasteiger charge is -2.19. The lowest BCUT2D eigenvalue weighted by atomic mass is 9.82. The monoisotopic (exact) mass is 278 g/mol. The van der Waals surface area contributed by atoms with Gasteiger partial charge in [0, 0.05) is 22.3 Å². The highest BCUT2D eigenvalue weighted by molar-refractivity contribution is 6.29. The van der Waals surface area contributed by atoms with Gasteiger partial charge in [0.25, 0.3) is 0 Å². The van der Waals surface area contributed by atoms with Gasteiger partial charge in [-0.15, -0.1) is 0 Å². The van der Waals surface area contributed by atoms with E-state index in [1.54, 1.807) is 42.5 Å². The van der Waals surface area contributed by atoms with Crippen LogP contribution in [0.15, 0.2) is 42.0 Å². The lowest BCUT2D eigenvalue weighted by molar-refractivity contribution is 0.0976. The van der Waals surface area contributed by atoms with Crippen LogP contribution in [0.4, 0.5) is 0 Å². The van der Waals surface area contributed by atoms with E-state index in [-0.39, 0.29) is 28.4 Å². The van der Waals surface area contributed by atoms with E-state index >= 15 is 0 Å². The Balaban J connectivity index is 2.29. The summed E-state index contributed by atoms with van der Waals surface area (Å²) in [5.41, 5.74) is 2.66. The predicted octanol–water partition coefficient (Wildman–Crippen LogP) is 3.59. The van der Waals surface area contributed by atoms with Crippen LogP contribution in [-0.4, -0.2) is 16.7 Å². The summed E-state index contributed by atoms with van der Waals surface area (Å²) in [7, 11) is 0. The number of fused-ring (bicyclic) bond motifs is 2. The van der Waals surface area contributed by atoms with Crippen molar-refractivity contribution in [3.8, 4) is 5.75 Å². The Morgan fingerprint density at radius 1 is 0.905 bits per heavy atom. The molecular formula is C18H14O3. The van der Waals surface area contributed by atoms with Gasteiger partial charge in [0.15, 0.2) is 11.6 Å². The molecule has 0 saturated carbocycles. The SMILES string of the molecule is CC(C)=Cc1ccc2c(c1O)C(=O)c1ccccc1C2=O. The number of hydrogen-bond donors (Lipinski definition) is 1. The van der Waals surface area contributed by atoms with Crippen molar-refractivity contribution in [3.05, 3.63) is 69.8 Å². The van der Waals surface area contributed by atoms with Gasteiger partial charge >= 0.3 is 0 Å². The maximum atomic E-state index is 12.6. The van der Waals surface area contributed by atoms with E-state index < -0.39 is 0 Å². The van der Waals surface area contributed by atoms with Crippen LogP contribution in [0.1, 0.15) is 51.3 Å². The minimum Gasteiger partial charge on any atom is -0.507 e. The van der Waals surface area contributed by atoms with E-state index in [0.717, 1.165) is 5.57 Å². The molecule has 21 heavy (non-hydrogen) atoms. The Morgan fingerprint density at radius 2 is 1.52 bits per heavy atom. The van der Waals surface area contributed by atoms with Crippen LogP contribution in [0.5, 0.6) is 5.75 Å². The van der Waals surface area contributed by atoms with Crippen LogP contribution in [0.2, 0.25) is 0 Å². The number of ketones is 2. The fourth-order valence-electron chi connectivity index (χ4n) is 2.61. The van der Waals surface area contributed by atoms with Crippen LogP contribution in [0.3, 0.4) is 0 Å². The molecule has 0 atom stereocenters. The minimum absolute atomic E-state index is 0.105. The number of benzene rings is 2. The molecule has 0 radical (unpaired) electrons. The molecule has 3 rings (SSSR count). The van der Waals surface area contributed by atoms with Gasteiger partial charge < -0.3 is 5.11 Å². The first kappa shape index (κ1) is 13.3. The van der Waals surface area contributed by atoms with Crippen molar-refractivity contribution >= 4 is 17.6 Å². The molecule has 2 aromatic carbocycles. The zero-order chi connectivity index (χ0) is 15.1. The summed E-state index contributed by atoms with van der Waals surface area (Å²) in [6.45, 7) is 3.81. The molecule has 0 saturated heterocycles. The molecule has 1 aliphatic rings. The molecule has 3 nitrogen and oxygen atoms in total. The van der Waals surface area contributed by atoms with Gasteiger partial charge in [-0.2, -0.15) is 0 Å². The molecule has 0 fully saturated rings. The third-order valence-electron chi connectivity index (χ3n) is 3.54. The molecule has 0 heterocycles. The third-order valence-corrected chi connectivity index (χ3v) is 3.54. The summed E-state index contributed by atoms with van der Waals surface area (Å²) in [5.74, 6) is -0.650. The van der Waals surface area contributed by atoms with E-state index in [1.807, 2.05) is 13.8 Å². The molecule has 3 heteroatoms. The molecule has 0 unspecified atom stereocenters. The Hall–Kier alpha value is -2.68. The summed E-state index contributed by atoms with van der Waals surface area (Å²) in [5, 5.41) is 10.4. The number of allylic oxidation sites excluding steroid dienone is 1. The quantitative estimate of drug-likeness (QED) is 0.740. The second-order valence-electron chi connectivity index (χ2n) is 5.35. The van der Waals surface area contributed by atoms with Gasteiger partial charge in [-0.1, -0.05) is 42.0 Å². The Kier molecular flexibility index (Phi) is 2.98. The summed E-state index contributed by atoms with van der Waals surface area (Å²) in [6.07, 6.45) is 1.79. The maximum absolute atomic E-state index is 12.6. The van der Waals surface area contributed by atoms with Gasteiger partial charge in [-0.25, -0.2) is 0 Å². The first-order chi connectivity index (χ1) is 10.0.